The highest BCUT2D eigenvalue weighted by Gasteiger charge is 2.08. The molecule has 1 aromatic heterocycles. The Morgan fingerprint density at radius 2 is 1.95 bits per heavy atom. The standard InChI is InChI=1S/C15H13N3O2/c16-8-10-1-4-12(5-2-10)18-9-17-13-7-11(15(19)20)3-6-14(13)18/h1-7,9H,8,16H2,(H,19,20). The van der Waals surface area contributed by atoms with Crippen molar-refractivity contribution in [3.8, 4) is 5.69 Å². The van der Waals surface area contributed by atoms with Gasteiger partial charge in [-0.3, -0.25) is 4.57 Å². The van der Waals surface area contributed by atoms with Gasteiger partial charge in [0.2, 0.25) is 0 Å². The second kappa shape index (κ2) is 4.79. The summed E-state index contributed by atoms with van der Waals surface area (Å²) in [6, 6.07) is 12.8. The molecule has 0 spiro atoms. The number of aromatic nitrogens is 2. The zero-order valence-corrected chi connectivity index (χ0v) is 10.7. The molecule has 0 saturated carbocycles. The van der Waals surface area contributed by atoms with Gasteiger partial charge < -0.3 is 10.8 Å². The molecule has 5 nitrogen and oxygen atoms in total. The van der Waals surface area contributed by atoms with Gasteiger partial charge in [0.1, 0.15) is 6.33 Å². The number of imidazole rings is 1. The van der Waals surface area contributed by atoms with Crippen LogP contribution in [0.4, 0.5) is 0 Å². The number of fused-ring (bicyclic) bond motifs is 1. The van der Waals surface area contributed by atoms with Gasteiger partial charge in [-0.2, -0.15) is 0 Å². The van der Waals surface area contributed by atoms with Crippen molar-refractivity contribution in [1.29, 1.82) is 0 Å². The summed E-state index contributed by atoms with van der Waals surface area (Å²) in [5.41, 5.74) is 9.37. The average Bonchev–Trinajstić information content (AvgIpc) is 2.90. The molecule has 0 aliphatic carbocycles. The first-order valence-corrected chi connectivity index (χ1v) is 6.19. The smallest absolute Gasteiger partial charge is 0.335 e. The van der Waals surface area contributed by atoms with E-state index in [2.05, 4.69) is 4.98 Å². The number of benzene rings is 2. The van der Waals surface area contributed by atoms with E-state index < -0.39 is 5.97 Å². The van der Waals surface area contributed by atoms with Gasteiger partial charge in [0, 0.05) is 12.2 Å². The van der Waals surface area contributed by atoms with Crippen LogP contribution in [0.15, 0.2) is 48.8 Å². The summed E-state index contributed by atoms with van der Waals surface area (Å²) in [4.78, 5) is 15.2. The molecule has 0 atom stereocenters. The highest BCUT2D eigenvalue weighted by Crippen LogP contribution is 2.19. The highest BCUT2D eigenvalue weighted by atomic mass is 16.4. The number of carboxylic acid groups (broad SMARTS) is 1. The van der Waals surface area contributed by atoms with E-state index in [-0.39, 0.29) is 5.56 Å². The Hall–Kier alpha value is -2.66. The fourth-order valence-electron chi connectivity index (χ4n) is 2.14. The van der Waals surface area contributed by atoms with Crippen LogP contribution in [-0.4, -0.2) is 20.6 Å². The highest BCUT2D eigenvalue weighted by molar-refractivity contribution is 5.92. The van der Waals surface area contributed by atoms with Crippen molar-refractivity contribution >= 4 is 17.0 Å². The summed E-state index contributed by atoms with van der Waals surface area (Å²) in [6.07, 6.45) is 1.69. The molecule has 0 amide bonds. The summed E-state index contributed by atoms with van der Waals surface area (Å²) in [7, 11) is 0. The lowest BCUT2D eigenvalue weighted by Crippen LogP contribution is -1.98. The van der Waals surface area contributed by atoms with Gasteiger partial charge in [0.25, 0.3) is 0 Å². The van der Waals surface area contributed by atoms with Crippen molar-refractivity contribution in [1.82, 2.24) is 9.55 Å². The molecule has 0 saturated heterocycles. The number of aromatic carboxylic acids is 1. The average molecular weight is 267 g/mol. The quantitative estimate of drug-likeness (QED) is 0.762. The van der Waals surface area contributed by atoms with Crippen molar-refractivity contribution in [2.75, 3.05) is 0 Å². The van der Waals surface area contributed by atoms with Gasteiger partial charge in [0.15, 0.2) is 0 Å². The zero-order valence-electron chi connectivity index (χ0n) is 10.7. The van der Waals surface area contributed by atoms with Gasteiger partial charge >= 0.3 is 5.97 Å². The normalized spacial score (nSPS) is 10.8. The Balaban J connectivity index is 2.09. The number of nitrogens with two attached hydrogens (primary N) is 1. The molecule has 0 aliphatic rings. The maximum Gasteiger partial charge on any atom is 0.335 e. The molecule has 20 heavy (non-hydrogen) atoms. The van der Waals surface area contributed by atoms with Crippen molar-refractivity contribution in [3.63, 3.8) is 0 Å². The first kappa shape index (κ1) is 12.4. The molecule has 100 valence electrons. The fraction of sp³-hybridized carbons (Fsp3) is 0.0667. The Bertz CT molecular complexity index is 775. The third kappa shape index (κ3) is 2.04. The lowest BCUT2D eigenvalue weighted by atomic mass is 10.2. The second-order valence-electron chi connectivity index (χ2n) is 4.49. The van der Waals surface area contributed by atoms with Gasteiger partial charge in [0.05, 0.1) is 16.6 Å². The molecular formula is C15H13N3O2. The number of rotatable bonds is 3. The summed E-state index contributed by atoms with van der Waals surface area (Å²) in [5, 5.41) is 8.98. The van der Waals surface area contributed by atoms with Gasteiger partial charge in [-0.15, -0.1) is 0 Å². The molecule has 3 N–H and O–H groups in total. The summed E-state index contributed by atoms with van der Waals surface area (Å²) in [5.74, 6) is -0.950. The van der Waals surface area contributed by atoms with Crippen LogP contribution in [0.25, 0.3) is 16.7 Å². The molecule has 3 aromatic rings. The van der Waals surface area contributed by atoms with E-state index >= 15 is 0 Å². The van der Waals surface area contributed by atoms with Crippen molar-refractivity contribution in [2.24, 2.45) is 5.73 Å². The Labute approximate surface area is 115 Å². The molecular weight excluding hydrogens is 254 g/mol. The molecule has 3 rings (SSSR count). The maximum atomic E-state index is 10.9. The van der Waals surface area contributed by atoms with E-state index in [0.717, 1.165) is 16.8 Å². The van der Waals surface area contributed by atoms with E-state index in [1.54, 1.807) is 24.5 Å². The second-order valence-corrected chi connectivity index (χ2v) is 4.49. The van der Waals surface area contributed by atoms with Crippen molar-refractivity contribution in [3.05, 3.63) is 59.9 Å². The van der Waals surface area contributed by atoms with Gasteiger partial charge in [-0.05, 0) is 35.9 Å². The number of hydrogen-bond donors (Lipinski definition) is 2. The van der Waals surface area contributed by atoms with E-state index in [9.17, 15) is 4.79 Å². The van der Waals surface area contributed by atoms with E-state index in [4.69, 9.17) is 10.8 Å². The molecule has 5 heteroatoms. The first-order chi connectivity index (χ1) is 9.69. The third-order valence-electron chi connectivity index (χ3n) is 3.24. The van der Waals surface area contributed by atoms with E-state index in [0.29, 0.717) is 12.1 Å². The minimum absolute atomic E-state index is 0.237. The monoisotopic (exact) mass is 267 g/mol. The lowest BCUT2D eigenvalue weighted by Gasteiger charge is -2.05. The predicted molar refractivity (Wildman–Crippen MR) is 75.9 cm³/mol. The summed E-state index contributed by atoms with van der Waals surface area (Å²) < 4.78 is 1.92. The minimum atomic E-state index is -0.950. The van der Waals surface area contributed by atoms with Crippen LogP contribution in [0.1, 0.15) is 15.9 Å². The Kier molecular flexibility index (Phi) is 2.96. The lowest BCUT2D eigenvalue weighted by molar-refractivity contribution is 0.0697. The van der Waals surface area contributed by atoms with Crippen molar-refractivity contribution in [2.45, 2.75) is 6.54 Å². The Morgan fingerprint density at radius 3 is 2.60 bits per heavy atom. The zero-order chi connectivity index (χ0) is 14.1. The molecule has 0 radical (unpaired) electrons. The fourth-order valence-corrected chi connectivity index (χ4v) is 2.14. The molecule has 2 aromatic carbocycles. The molecule has 0 bridgehead atoms. The number of hydrogen-bond acceptors (Lipinski definition) is 3. The SMILES string of the molecule is NCc1ccc(-n2cnc3cc(C(=O)O)ccc32)cc1. The van der Waals surface area contributed by atoms with E-state index in [1.807, 2.05) is 28.8 Å². The summed E-state index contributed by atoms with van der Waals surface area (Å²) in [6.45, 7) is 0.507. The maximum absolute atomic E-state index is 10.9. The number of nitrogens with zero attached hydrogens (tertiary/aromatic N) is 2. The minimum Gasteiger partial charge on any atom is -0.478 e. The van der Waals surface area contributed by atoms with Gasteiger partial charge in [-0.25, -0.2) is 9.78 Å². The third-order valence-corrected chi connectivity index (χ3v) is 3.24. The molecule has 0 unspecified atom stereocenters. The van der Waals surface area contributed by atoms with E-state index in [1.165, 1.54) is 0 Å². The van der Waals surface area contributed by atoms with Crippen LogP contribution in [0, 0.1) is 0 Å². The van der Waals surface area contributed by atoms with Crippen LogP contribution < -0.4 is 5.73 Å². The predicted octanol–water partition coefficient (Wildman–Crippen LogP) is 2.18. The topological polar surface area (TPSA) is 81.1 Å². The molecule has 1 heterocycles. The molecule has 0 fully saturated rings. The number of carboxylic acids is 1. The summed E-state index contributed by atoms with van der Waals surface area (Å²) >= 11 is 0. The van der Waals surface area contributed by atoms with Crippen LogP contribution in [0.2, 0.25) is 0 Å². The largest absolute Gasteiger partial charge is 0.478 e. The molecule has 0 aliphatic heterocycles. The van der Waals surface area contributed by atoms with Crippen LogP contribution >= 0.6 is 0 Å². The van der Waals surface area contributed by atoms with Gasteiger partial charge in [-0.1, -0.05) is 12.1 Å². The van der Waals surface area contributed by atoms with Crippen LogP contribution in [-0.2, 0) is 6.54 Å². The first-order valence-electron chi connectivity index (χ1n) is 6.19. The van der Waals surface area contributed by atoms with Crippen LogP contribution in [0.3, 0.4) is 0 Å². The van der Waals surface area contributed by atoms with Crippen molar-refractivity contribution < 1.29 is 9.90 Å². The Morgan fingerprint density at radius 1 is 1.20 bits per heavy atom. The van der Waals surface area contributed by atoms with Crippen LogP contribution in [0.5, 0.6) is 0 Å². The number of carbonyl (C=O) groups is 1.